The molecule has 18 heavy (non-hydrogen) atoms. The average molecular weight is 260 g/mol. The normalized spacial score (nSPS) is 13.0. The SMILES string of the molecule is COc1ccc2c(c1)CCc1ccc(Cl)cc1N2. The molecule has 2 nitrogen and oxygen atoms in total. The summed E-state index contributed by atoms with van der Waals surface area (Å²) >= 11 is 6.04. The quantitative estimate of drug-likeness (QED) is 0.829. The van der Waals surface area contributed by atoms with Gasteiger partial charge in [-0.3, -0.25) is 0 Å². The van der Waals surface area contributed by atoms with Crippen LogP contribution in [-0.4, -0.2) is 7.11 Å². The lowest BCUT2D eigenvalue weighted by atomic mass is 10.0. The number of fused-ring (bicyclic) bond motifs is 2. The molecule has 1 aliphatic heterocycles. The van der Waals surface area contributed by atoms with Crippen molar-refractivity contribution >= 4 is 23.0 Å². The van der Waals surface area contributed by atoms with Crippen molar-refractivity contribution in [3.63, 3.8) is 0 Å². The summed E-state index contributed by atoms with van der Waals surface area (Å²) < 4.78 is 5.27. The van der Waals surface area contributed by atoms with Gasteiger partial charge in [0.15, 0.2) is 0 Å². The zero-order valence-corrected chi connectivity index (χ0v) is 10.9. The maximum absolute atomic E-state index is 6.04. The van der Waals surface area contributed by atoms with Crippen LogP contribution in [0.1, 0.15) is 11.1 Å². The van der Waals surface area contributed by atoms with Gasteiger partial charge in [-0.1, -0.05) is 17.7 Å². The molecule has 0 spiro atoms. The van der Waals surface area contributed by atoms with Gasteiger partial charge in [-0.2, -0.15) is 0 Å². The zero-order valence-electron chi connectivity index (χ0n) is 10.2. The number of halogens is 1. The molecule has 2 aromatic rings. The van der Waals surface area contributed by atoms with Crippen molar-refractivity contribution in [2.75, 3.05) is 12.4 Å². The van der Waals surface area contributed by atoms with Gasteiger partial charge in [-0.15, -0.1) is 0 Å². The molecular weight excluding hydrogens is 246 g/mol. The second-order valence-electron chi connectivity index (χ2n) is 4.45. The number of hydrogen-bond acceptors (Lipinski definition) is 2. The Labute approximate surface area is 112 Å². The molecule has 1 heterocycles. The molecule has 0 aliphatic carbocycles. The summed E-state index contributed by atoms with van der Waals surface area (Å²) in [5, 5.41) is 4.22. The molecule has 0 saturated heterocycles. The van der Waals surface area contributed by atoms with Crippen LogP contribution in [0.5, 0.6) is 5.75 Å². The van der Waals surface area contributed by atoms with E-state index in [2.05, 4.69) is 23.5 Å². The highest BCUT2D eigenvalue weighted by molar-refractivity contribution is 6.30. The van der Waals surface area contributed by atoms with Crippen LogP contribution in [0.15, 0.2) is 36.4 Å². The minimum absolute atomic E-state index is 0.762. The van der Waals surface area contributed by atoms with E-state index in [1.165, 1.54) is 11.1 Å². The topological polar surface area (TPSA) is 21.3 Å². The number of anilines is 2. The van der Waals surface area contributed by atoms with E-state index >= 15 is 0 Å². The number of aryl methyl sites for hydroxylation is 2. The summed E-state index contributed by atoms with van der Waals surface area (Å²) in [5.74, 6) is 0.902. The molecule has 0 amide bonds. The van der Waals surface area contributed by atoms with Gasteiger partial charge >= 0.3 is 0 Å². The van der Waals surface area contributed by atoms with Crippen LogP contribution >= 0.6 is 11.6 Å². The maximum atomic E-state index is 6.04. The third-order valence-corrected chi connectivity index (χ3v) is 3.55. The minimum atomic E-state index is 0.762. The molecule has 92 valence electrons. The number of nitrogens with one attached hydrogen (secondary N) is 1. The molecule has 3 heteroatoms. The highest BCUT2D eigenvalue weighted by Gasteiger charge is 2.13. The van der Waals surface area contributed by atoms with Crippen molar-refractivity contribution in [1.82, 2.24) is 0 Å². The van der Waals surface area contributed by atoms with Gasteiger partial charge in [0.05, 0.1) is 7.11 Å². The molecule has 0 radical (unpaired) electrons. The van der Waals surface area contributed by atoms with E-state index in [-0.39, 0.29) is 0 Å². The van der Waals surface area contributed by atoms with Crippen LogP contribution in [0, 0.1) is 0 Å². The largest absolute Gasteiger partial charge is 0.497 e. The molecule has 0 saturated carbocycles. The maximum Gasteiger partial charge on any atom is 0.119 e. The number of hydrogen-bond donors (Lipinski definition) is 1. The molecule has 1 N–H and O–H groups in total. The molecule has 3 rings (SSSR count). The summed E-state index contributed by atoms with van der Waals surface area (Å²) in [7, 11) is 1.69. The van der Waals surface area contributed by atoms with Gasteiger partial charge in [0.1, 0.15) is 5.75 Å². The Morgan fingerprint density at radius 1 is 1.00 bits per heavy atom. The second-order valence-corrected chi connectivity index (χ2v) is 4.89. The third-order valence-electron chi connectivity index (χ3n) is 3.32. The lowest BCUT2D eigenvalue weighted by Crippen LogP contribution is -1.94. The van der Waals surface area contributed by atoms with E-state index in [1.807, 2.05) is 18.2 Å². The smallest absolute Gasteiger partial charge is 0.119 e. The van der Waals surface area contributed by atoms with Gasteiger partial charge in [0.2, 0.25) is 0 Å². The summed E-state index contributed by atoms with van der Waals surface area (Å²) in [4.78, 5) is 0. The predicted octanol–water partition coefficient (Wildman–Crippen LogP) is 4.19. The first kappa shape index (κ1) is 11.4. The third kappa shape index (κ3) is 2.04. The Morgan fingerprint density at radius 2 is 1.83 bits per heavy atom. The molecule has 0 unspecified atom stereocenters. The van der Waals surface area contributed by atoms with Gasteiger partial charge in [0.25, 0.3) is 0 Å². The van der Waals surface area contributed by atoms with Crippen molar-refractivity contribution in [1.29, 1.82) is 0 Å². The van der Waals surface area contributed by atoms with Gasteiger partial charge in [-0.25, -0.2) is 0 Å². The van der Waals surface area contributed by atoms with Crippen molar-refractivity contribution in [2.45, 2.75) is 12.8 Å². The predicted molar refractivity (Wildman–Crippen MR) is 75.1 cm³/mol. The van der Waals surface area contributed by atoms with Gasteiger partial charge < -0.3 is 10.1 Å². The van der Waals surface area contributed by atoms with Crippen LogP contribution < -0.4 is 10.1 Å². The molecule has 2 aromatic carbocycles. The highest BCUT2D eigenvalue weighted by atomic mass is 35.5. The van der Waals surface area contributed by atoms with E-state index in [4.69, 9.17) is 16.3 Å². The molecule has 0 bridgehead atoms. The van der Waals surface area contributed by atoms with E-state index in [0.29, 0.717) is 0 Å². The van der Waals surface area contributed by atoms with Crippen LogP contribution in [0.25, 0.3) is 0 Å². The minimum Gasteiger partial charge on any atom is -0.497 e. The van der Waals surface area contributed by atoms with Crippen molar-refractivity contribution in [3.05, 3.63) is 52.5 Å². The highest BCUT2D eigenvalue weighted by Crippen LogP contribution is 2.33. The fourth-order valence-corrected chi connectivity index (χ4v) is 2.50. The Hall–Kier alpha value is -1.67. The first-order valence-electron chi connectivity index (χ1n) is 5.98. The lowest BCUT2D eigenvalue weighted by Gasteiger charge is -2.11. The van der Waals surface area contributed by atoms with Crippen molar-refractivity contribution in [3.8, 4) is 5.75 Å². The molecule has 0 atom stereocenters. The van der Waals surface area contributed by atoms with E-state index < -0.39 is 0 Å². The second kappa shape index (κ2) is 4.54. The van der Waals surface area contributed by atoms with E-state index in [9.17, 15) is 0 Å². The summed E-state index contributed by atoms with van der Waals surface area (Å²) in [6.07, 6.45) is 2.02. The lowest BCUT2D eigenvalue weighted by molar-refractivity contribution is 0.414. The van der Waals surface area contributed by atoms with Crippen LogP contribution in [-0.2, 0) is 12.8 Å². The monoisotopic (exact) mass is 259 g/mol. The fourth-order valence-electron chi connectivity index (χ4n) is 2.32. The first-order chi connectivity index (χ1) is 8.76. The molecule has 0 aromatic heterocycles. The Morgan fingerprint density at radius 3 is 2.67 bits per heavy atom. The Balaban J connectivity index is 2.03. The summed E-state index contributed by atoms with van der Waals surface area (Å²) in [6, 6.07) is 12.1. The van der Waals surface area contributed by atoms with Crippen LogP contribution in [0.4, 0.5) is 11.4 Å². The van der Waals surface area contributed by atoms with Gasteiger partial charge in [0, 0.05) is 16.4 Å². The first-order valence-corrected chi connectivity index (χ1v) is 6.36. The van der Waals surface area contributed by atoms with E-state index in [1.54, 1.807) is 7.11 Å². The number of methoxy groups -OCH3 is 1. The average Bonchev–Trinajstić information content (AvgIpc) is 2.56. The van der Waals surface area contributed by atoms with Crippen molar-refractivity contribution < 1.29 is 4.74 Å². The summed E-state index contributed by atoms with van der Waals surface area (Å²) in [5.41, 5.74) is 4.82. The molecule has 1 aliphatic rings. The Kier molecular flexibility index (Phi) is 2.88. The molecule has 0 fully saturated rings. The van der Waals surface area contributed by atoms with Crippen LogP contribution in [0.3, 0.4) is 0 Å². The fraction of sp³-hybridized carbons (Fsp3) is 0.200. The summed E-state index contributed by atoms with van der Waals surface area (Å²) in [6.45, 7) is 0. The van der Waals surface area contributed by atoms with E-state index in [0.717, 1.165) is 35.0 Å². The number of benzene rings is 2. The zero-order chi connectivity index (χ0) is 12.5. The standard InChI is InChI=1S/C15H14ClNO/c1-18-13-6-7-14-11(8-13)3-2-10-4-5-12(16)9-15(10)17-14/h4-9,17H,2-3H2,1H3. The van der Waals surface area contributed by atoms with Gasteiger partial charge in [-0.05, 0) is 54.3 Å². The molecular formula is C15H14ClNO. The number of ether oxygens (including phenoxy) is 1. The van der Waals surface area contributed by atoms with Crippen molar-refractivity contribution in [2.24, 2.45) is 0 Å². The number of rotatable bonds is 1. The van der Waals surface area contributed by atoms with Crippen LogP contribution in [0.2, 0.25) is 5.02 Å². The Bertz CT molecular complexity index is 595.